The van der Waals surface area contributed by atoms with E-state index in [-0.39, 0.29) is 23.2 Å². The molecule has 0 fully saturated rings. The Morgan fingerprint density at radius 1 is 1.03 bits per heavy atom. The molecule has 0 aliphatic heterocycles. The van der Waals surface area contributed by atoms with Gasteiger partial charge in [-0.1, -0.05) is 12.1 Å². The van der Waals surface area contributed by atoms with Gasteiger partial charge in [-0.25, -0.2) is 4.98 Å². The van der Waals surface area contributed by atoms with Crippen LogP contribution < -0.4 is 25.0 Å². The summed E-state index contributed by atoms with van der Waals surface area (Å²) in [7, 11) is 2.83. The van der Waals surface area contributed by atoms with E-state index in [4.69, 9.17) is 14.5 Å². The molecule has 3 N–H and O–H groups in total. The minimum Gasteiger partial charge on any atom is -0.502 e. The number of hydrogen-bond donors (Lipinski definition) is 3. The van der Waals surface area contributed by atoms with E-state index in [9.17, 15) is 9.90 Å². The smallest absolute Gasteiger partial charge is 0.251 e. The average molecular weight is 440 g/mol. The van der Waals surface area contributed by atoms with Gasteiger partial charge in [0, 0.05) is 37.1 Å². The van der Waals surface area contributed by atoms with Crippen LogP contribution in [0.4, 0.5) is 11.8 Å². The zero-order valence-corrected chi connectivity index (χ0v) is 18.8. The lowest BCUT2D eigenvalue weighted by molar-refractivity contribution is 0.0954. The molecular formula is C23H29N5O4. The maximum absolute atomic E-state index is 12.6. The summed E-state index contributed by atoms with van der Waals surface area (Å²) in [4.78, 5) is 24.0. The van der Waals surface area contributed by atoms with E-state index >= 15 is 0 Å². The topological polar surface area (TPSA) is 109 Å². The number of anilines is 2. The number of carbonyl (C=O) groups excluding carboxylic acids is 1. The van der Waals surface area contributed by atoms with Crippen molar-refractivity contribution < 1.29 is 19.4 Å². The van der Waals surface area contributed by atoms with Crippen LogP contribution >= 0.6 is 0 Å². The summed E-state index contributed by atoms with van der Waals surface area (Å²) >= 11 is 0. The maximum Gasteiger partial charge on any atom is 0.251 e. The third kappa shape index (κ3) is 4.93. The highest BCUT2D eigenvalue weighted by Gasteiger charge is 2.16. The van der Waals surface area contributed by atoms with E-state index in [0.29, 0.717) is 24.6 Å². The number of aromatic hydroxyl groups is 1. The number of phenolic OH excluding ortho intramolecular Hbond substituents is 1. The second-order valence-corrected chi connectivity index (χ2v) is 6.97. The molecule has 1 amide bonds. The number of aromatic nitrogens is 2. The molecule has 1 aromatic heterocycles. The molecule has 0 atom stereocenters. The number of methoxy groups -OCH3 is 2. The fourth-order valence-corrected chi connectivity index (χ4v) is 3.33. The Bertz CT molecular complexity index is 1060. The van der Waals surface area contributed by atoms with Crippen molar-refractivity contribution in [1.29, 1.82) is 0 Å². The lowest BCUT2D eigenvalue weighted by atomic mass is 10.1. The third-order valence-electron chi connectivity index (χ3n) is 5.08. The Hall–Kier alpha value is -3.75. The summed E-state index contributed by atoms with van der Waals surface area (Å²) in [5.41, 5.74) is 1.19. The second kappa shape index (κ2) is 10.5. The number of ether oxygens (including phenoxy) is 2. The Labute approximate surface area is 187 Å². The Balaban J connectivity index is 1.70. The summed E-state index contributed by atoms with van der Waals surface area (Å²) in [6.07, 6.45) is 0. The molecule has 0 spiro atoms. The van der Waals surface area contributed by atoms with Gasteiger partial charge in [-0.2, -0.15) is 4.98 Å². The van der Waals surface area contributed by atoms with Crippen molar-refractivity contribution >= 4 is 28.6 Å². The van der Waals surface area contributed by atoms with Gasteiger partial charge >= 0.3 is 0 Å². The largest absolute Gasteiger partial charge is 0.502 e. The lowest BCUT2D eigenvalue weighted by Gasteiger charge is -2.20. The number of fused-ring (bicyclic) bond motifs is 1. The number of nitrogens with zero attached hydrogens (tertiary/aromatic N) is 3. The Kier molecular flexibility index (Phi) is 7.54. The third-order valence-corrected chi connectivity index (χ3v) is 5.08. The first-order chi connectivity index (χ1) is 15.5. The molecule has 0 radical (unpaired) electrons. The van der Waals surface area contributed by atoms with Crippen molar-refractivity contribution in [2.24, 2.45) is 0 Å². The molecule has 170 valence electrons. The maximum atomic E-state index is 12.6. The zero-order chi connectivity index (χ0) is 23.1. The number of nitrogens with one attached hydrogen (secondary N) is 2. The molecule has 0 saturated heterocycles. The van der Waals surface area contributed by atoms with Crippen LogP contribution in [0.2, 0.25) is 0 Å². The lowest BCUT2D eigenvalue weighted by Crippen LogP contribution is -2.29. The standard InChI is InChI=1S/C23H29N5O4/c1-5-28(6-2)23-26-17-10-8-7-9-16(17)21(27-23)24-11-12-25-22(30)15-13-18(31-3)20(29)19(14-15)32-4/h7-10,13-14,29H,5-6,11-12H2,1-4H3,(H,25,30)(H,24,26,27). The SMILES string of the molecule is CCN(CC)c1nc(NCCNC(=O)c2cc(OC)c(O)c(OC)c2)c2ccccc2n1. The van der Waals surface area contributed by atoms with E-state index in [1.165, 1.54) is 26.4 Å². The minimum atomic E-state index is -0.306. The van der Waals surface area contributed by atoms with Gasteiger partial charge in [0.15, 0.2) is 11.5 Å². The zero-order valence-electron chi connectivity index (χ0n) is 18.8. The van der Waals surface area contributed by atoms with Crippen LogP contribution in [-0.4, -0.2) is 61.4 Å². The number of benzene rings is 2. The van der Waals surface area contributed by atoms with Crippen molar-refractivity contribution in [3.63, 3.8) is 0 Å². The summed E-state index contributed by atoms with van der Waals surface area (Å²) in [5.74, 6) is 1.28. The van der Waals surface area contributed by atoms with E-state index in [0.717, 1.165) is 29.8 Å². The summed E-state index contributed by atoms with van der Waals surface area (Å²) in [6.45, 7) is 6.59. The second-order valence-electron chi connectivity index (χ2n) is 6.97. The molecule has 9 heteroatoms. The summed E-state index contributed by atoms with van der Waals surface area (Å²) in [6, 6.07) is 10.8. The van der Waals surface area contributed by atoms with Gasteiger partial charge in [0.2, 0.25) is 11.7 Å². The first kappa shape index (κ1) is 22.9. The molecule has 0 unspecified atom stereocenters. The molecule has 0 saturated carbocycles. The van der Waals surface area contributed by atoms with Gasteiger partial charge in [-0.15, -0.1) is 0 Å². The molecule has 0 bridgehead atoms. The molecule has 0 aliphatic rings. The Morgan fingerprint density at radius 3 is 2.31 bits per heavy atom. The first-order valence-electron chi connectivity index (χ1n) is 10.5. The van der Waals surface area contributed by atoms with Gasteiger partial charge in [-0.3, -0.25) is 4.79 Å². The van der Waals surface area contributed by atoms with Gasteiger partial charge in [-0.05, 0) is 38.1 Å². The molecule has 32 heavy (non-hydrogen) atoms. The number of rotatable bonds is 10. The van der Waals surface area contributed by atoms with Crippen LogP contribution in [0.15, 0.2) is 36.4 Å². The van der Waals surface area contributed by atoms with Gasteiger partial charge in [0.25, 0.3) is 5.91 Å². The molecule has 2 aromatic carbocycles. The number of para-hydroxylation sites is 1. The fourth-order valence-electron chi connectivity index (χ4n) is 3.33. The van der Waals surface area contributed by atoms with E-state index in [2.05, 4.69) is 34.4 Å². The molecule has 3 aromatic rings. The molecular weight excluding hydrogens is 410 g/mol. The molecule has 9 nitrogen and oxygen atoms in total. The van der Waals surface area contributed by atoms with Crippen molar-refractivity contribution in [3.05, 3.63) is 42.0 Å². The summed E-state index contributed by atoms with van der Waals surface area (Å²) < 4.78 is 10.2. The van der Waals surface area contributed by atoms with Crippen LogP contribution in [0.3, 0.4) is 0 Å². The molecule has 0 aliphatic carbocycles. The Morgan fingerprint density at radius 2 is 1.69 bits per heavy atom. The number of phenols is 1. The molecule has 1 heterocycles. The van der Waals surface area contributed by atoms with Crippen LogP contribution in [0.1, 0.15) is 24.2 Å². The van der Waals surface area contributed by atoms with Crippen LogP contribution in [-0.2, 0) is 0 Å². The predicted molar refractivity (Wildman–Crippen MR) is 125 cm³/mol. The highest BCUT2D eigenvalue weighted by atomic mass is 16.5. The van der Waals surface area contributed by atoms with Crippen LogP contribution in [0, 0.1) is 0 Å². The van der Waals surface area contributed by atoms with Crippen molar-refractivity contribution in [1.82, 2.24) is 15.3 Å². The monoisotopic (exact) mass is 439 g/mol. The average Bonchev–Trinajstić information content (AvgIpc) is 2.82. The predicted octanol–water partition coefficient (Wildman–Crippen LogP) is 3.04. The molecule has 3 rings (SSSR count). The normalized spacial score (nSPS) is 10.6. The number of amides is 1. The van der Waals surface area contributed by atoms with Crippen molar-refractivity contribution in [2.75, 3.05) is 50.6 Å². The summed E-state index contributed by atoms with van der Waals surface area (Å²) in [5, 5.41) is 17.1. The number of hydrogen-bond acceptors (Lipinski definition) is 8. The quantitative estimate of drug-likeness (QED) is 0.414. The van der Waals surface area contributed by atoms with Gasteiger partial charge < -0.3 is 30.1 Å². The minimum absolute atomic E-state index is 0.145. The van der Waals surface area contributed by atoms with Crippen LogP contribution in [0.25, 0.3) is 10.9 Å². The van der Waals surface area contributed by atoms with Gasteiger partial charge in [0.1, 0.15) is 5.82 Å². The van der Waals surface area contributed by atoms with E-state index in [1.807, 2.05) is 24.3 Å². The fraction of sp³-hybridized carbons (Fsp3) is 0.348. The van der Waals surface area contributed by atoms with Crippen molar-refractivity contribution in [2.45, 2.75) is 13.8 Å². The van der Waals surface area contributed by atoms with E-state index < -0.39 is 0 Å². The first-order valence-corrected chi connectivity index (χ1v) is 10.5. The van der Waals surface area contributed by atoms with Gasteiger partial charge in [0.05, 0.1) is 19.7 Å². The highest BCUT2D eigenvalue weighted by Crippen LogP contribution is 2.37. The number of carbonyl (C=O) groups is 1. The van der Waals surface area contributed by atoms with Crippen LogP contribution in [0.5, 0.6) is 17.2 Å². The highest BCUT2D eigenvalue weighted by molar-refractivity contribution is 5.95. The van der Waals surface area contributed by atoms with Crippen molar-refractivity contribution in [3.8, 4) is 17.2 Å². The van der Waals surface area contributed by atoms with E-state index in [1.54, 1.807) is 0 Å².